The second-order valence-electron chi connectivity index (χ2n) is 6.89. The summed E-state index contributed by atoms with van der Waals surface area (Å²) >= 11 is 0. The molecule has 1 aliphatic heterocycles. The summed E-state index contributed by atoms with van der Waals surface area (Å²) in [5.74, 6) is -0.521. The number of nitrogens with zero attached hydrogens (tertiary/aromatic N) is 1. The van der Waals surface area contributed by atoms with Gasteiger partial charge in [-0.05, 0) is 32.1 Å². The van der Waals surface area contributed by atoms with Crippen molar-refractivity contribution in [2.45, 2.75) is 89.4 Å². The summed E-state index contributed by atoms with van der Waals surface area (Å²) in [6.07, 6.45) is 7.88. The Labute approximate surface area is 155 Å². The van der Waals surface area contributed by atoms with Crippen LogP contribution in [0.15, 0.2) is 0 Å². The van der Waals surface area contributed by atoms with Gasteiger partial charge in [-0.2, -0.15) is 0 Å². The van der Waals surface area contributed by atoms with E-state index in [4.69, 9.17) is 4.74 Å². The Morgan fingerprint density at radius 2 is 1.76 bits per heavy atom. The average molecular weight is 377 g/mol. The number of unbranched alkanes of at least 4 members (excludes halogenated alkanes) is 2. The molecule has 1 aliphatic rings. The van der Waals surface area contributed by atoms with Crippen LogP contribution in [0.5, 0.6) is 0 Å². The van der Waals surface area contributed by atoms with Gasteiger partial charge in [-0.25, -0.2) is 14.0 Å². The molecule has 148 valence electrons. The fraction of sp³-hybridized carbons (Fsp3) is 0.944. The highest BCUT2D eigenvalue weighted by atomic mass is 32.2. The van der Waals surface area contributed by atoms with E-state index in [0.717, 1.165) is 38.7 Å². The number of hydrogen-bond donors (Lipinski definition) is 2. The molecule has 2 N–H and O–H groups in total. The van der Waals surface area contributed by atoms with Crippen molar-refractivity contribution in [1.82, 2.24) is 9.79 Å². The van der Waals surface area contributed by atoms with Crippen molar-refractivity contribution < 1.29 is 18.9 Å². The van der Waals surface area contributed by atoms with Gasteiger partial charge in [0.2, 0.25) is 0 Å². The highest BCUT2D eigenvalue weighted by Gasteiger charge is 2.46. The number of carbonyl (C=O) groups is 1. The molecular weight excluding hydrogens is 340 g/mol. The molecule has 6 nitrogen and oxygen atoms in total. The molecule has 1 amide bonds. The van der Waals surface area contributed by atoms with Crippen LogP contribution in [-0.4, -0.2) is 50.2 Å². The number of ether oxygens (including phenoxy) is 1. The maximum Gasteiger partial charge on any atom is 0.263 e. The first-order valence-electron chi connectivity index (χ1n) is 9.78. The standard InChI is InChI=1S/C18H36N2O4S/c1-4-7-8-15-24-16-9-13-20(14-10-16)25(23)18(11-5-2,12-6-3)17(21)19-22/h16,22H,4-15H2,1-3H3,(H,19,21). The molecule has 0 radical (unpaired) electrons. The molecule has 0 bridgehead atoms. The SMILES string of the molecule is CCCCCOC1CCN(S(=O)C(CCC)(CCC)C(=O)NO)CC1. The summed E-state index contributed by atoms with van der Waals surface area (Å²) in [6, 6.07) is 0. The van der Waals surface area contributed by atoms with E-state index in [2.05, 4.69) is 6.92 Å². The third kappa shape index (κ3) is 6.31. The summed E-state index contributed by atoms with van der Waals surface area (Å²) in [5, 5.41) is 9.18. The first-order valence-corrected chi connectivity index (χ1v) is 10.9. The van der Waals surface area contributed by atoms with Gasteiger partial charge < -0.3 is 4.74 Å². The molecule has 1 rings (SSSR count). The molecule has 1 saturated heterocycles. The fourth-order valence-electron chi connectivity index (χ4n) is 3.53. The maximum atomic E-state index is 13.2. The number of carbonyl (C=O) groups excluding carboxylic acids is 1. The van der Waals surface area contributed by atoms with E-state index in [1.807, 2.05) is 18.2 Å². The first kappa shape index (κ1) is 22.5. The predicted octanol–water partition coefficient (Wildman–Crippen LogP) is 3.17. The number of hydroxylamine groups is 1. The zero-order valence-electron chi connectivity index (χ0n) is 16.1. The average Bonchev–Trinajstić information content (AvgIpc) is 2.64. The third-order valence-electron chi connectivity index (χ3n) is 4.89. The number of rotatable bonds is 12. The number of hydrogen-bond acceptors (Lipinski definition) is 4. The summed E-state index contributed by atoms with van der Waals surface area (Å²) in [5.41, 5.74) is 1.76. The zero-order valence-corrected chi connectivity index (χ0v) is 16.9. The van der Waals surface area contributed by atoms with E-state index >= 15 is 0 Å². The predicted molar refractivity (Wildman–Crippen MR) is 101 cm³/mol. The Balaban J connectivity index is 2.66. The van der Waals surface area contributed by atoms with Gasteiger partial charge >= 0.3 is 0 Å². The van der Waals surface area contributed by atoms with Crippen LogP contribution in [0, 0.1) is 0 Å². The van der Waals surface area contributed by atoms with Gasteiger partial charge in [0.15, 0.2) is 0 Å². The molecule has 0 saturated carbocycles. The molecular formula is C18H36N2O4S. The van der Waals surface area contributed by atoms with E-state index in [0.29, 0.717) is 25.9 Å². The van der Waals surface area contributed by atoms with E-state index in [1.54, 1.807) is 5.48 Å². The lowest BCUT2D eigenvalue weighted by Crippen LogP contribution is -2.55. The van der Waals surface area contributed by atoms with Crippen molar-refractivity contribution in [3.05, 3.63) is 0 Å². The zero-order chi connectivity index (χ0) is 18.7. The Morgan fingerprint density at radius 3 is 2.24 bits per heavy atom. The highest BCUT2D eigenvalue weighted by Crippen LogP contribution is 2.31. The van der Waals surface area contributed by atoms with E-state index in [9.17, 15) is 14.2 Å². The van der Waals surface area contributed by atoms with Crippen molar-refractivity contribution in [2.24, 2.45) is 0 Å². The molecule has 0 aromatic heterocycles. The van der Waals surface area contributed by atoms with Gasteiger partial charge in [-0.15, -0.1) is 0 Å². The van der Waals surface area contributed by atoms with Crippen molar-refractivity contribution in [1.29, 1.82) is 0 Å². The molecule has 0 aliphatic carbocycles. The Morgan fingerprint density at radius 1 is 1.16 bits per heavy atom. The number of piperidine rings is 1. The van der Waals surface area contributed by atoms with Crippen LogP contribution in [0.2, 0.25) is 0 Å². The monoisotopic (exact) mass is 376 g/mol. The van der Waals surface area contributed by atoms with Gasteiger partial charge in [0.25, 0.3) is 5.91 Å². The topological polar surface area (TPSA) is 78.9 Å². The van der Waals surface area contributed by atoms with Gasteiger partial charge in [0.1, 0.15) is 15.7 Å². The van der Waals surface area contributed by atoms with Crippen molar-refractivity contribution >= 4 is 16.9 Å². The molecule has 1 fully saturated rings. The number of amides is 1. The van der Waals surface area contributed by atoms with Crippen LogP contribution >= 0.6 is 0 Å². The minimum Gasteiger partial charge on any atom is -0.378 e. The lowest BCUT2D eigenvalue weighted by Gasteiger charge is -2.38. The van der Waals surface area contributed by atoms with Gasteiger partial charge in [0, 0.05) is 19.7 Å². The minimum absolute atomic E-state index is 0.225. The third-order valence-corrected chi connectivity index (χ3v) is 6.99. The number of nitrogens with one attached hydrogen (secondary N) is 1. The Kier molecular flexibility index (Phi) is 10.8. The maximum absolute atomic E-state index is 13.2. The van der Waals surface area contributed by atoms with Gasteiger partial charge in [-0.1, -0.05) is 46.5 Å². The molecule has 1 heterocycles. The summed E-state index contributed by atoms with van der Waals surface area (Å²) in [6.45, 7) is 8.25. The summed E-state index contributed by atoms with van der Waals surface area (Å²) in [4.78, 5) is 12.4. The second-order valence-corrected chi connectivity index (χ2v) is 8.69. The second kappa shape index (κ2) is 12.0. The van der Waals surface area contributed by atoms with Crippen molar-refractivity contribution in [3.63, 3.8) is 0 Å². The smallest absolute Gasteiger partial charge is 0.263 e. The lowest BCUT2D eigenvalue weighted by molar-refractivity contribution is -0.132. The Hall–Kier alpha value is -0.500. The van der Waals surface area contributed by atoms with Crippen LogP contribution in [0.1, 0.15) is 78.6 Å². The largest absolute Gasteiger partial charge is 0.378 e. The van der Waals surface area contributed by atoms with E-state index < -0.39 is 21.6 Å². The first-order chi connectivity index (χ1) is 12.1. The molecule has 0 spiro atoms. The highest BCUT2D eigenvalue weighted by molar-refractivity contribution is 7.85. The van der Waals surface area contributed by atoms with Crippen LogP contribution in [0.4, 0.5) is 0 Å². The molecule has 1 atom stereocenters. The molecule has 7 heteroatoms. The van der Waals surface area contributed by atoms with Crippen molar-refractivity contribution in [3.8, 4) is 0 Å². The van der Waals surface area contributed by atoms with Crippen molar-refractivity contribution in [2.75, 3.05) is 19.7 Å². The normalized spacial score (nSPS) is 18.2. The van der Waals surface area contributed by atoms with E-state index in [1.165, 1.54) is 12.8 Å². The summed E-state index contributed by atoms with van der Waals surface area (Å²) < 4.78 is 20.0. The van der Waals surface area contributed by atoms with Crippen LogP contribution < -0.4 is 5.48 Å². The molecule has 0 aromatic carbocycles. The molecule has 25 heavy (non-hydrogen) atoms. The van der Waals surface area contributed by atoms with E-state index in [-0.39, 0.29) is 6.10 Å². The van der Waals surface area contributed by atoms with Crippen LogP contribution in [0.25, 0.3) is 0 Å². The van der Waals surface area contributed by atoms with Crippen LogP contribution in [0.3, 0.4) is 0 Å². The lowest BCUT2D eigenvalue weighted by atomic mass is 9.96. The quantitative estimate of drug-likeness (QED) is 0.311. The summed E-state index contributed by atoms with van der Waals surface area (Å²) in [7, 11) is -1.45. The molecule has 1 unspecified atom stereocenters. The minimum atomic E-state index is -1.45. The van der Waals surface area contributed by atoms with Gasteiger partial charge in [-0.3, -0.25) is 10.0 Å². The van der Waals surface area contributed by atoms with Crippen LogP contribution in [-0.2, 0) is 20.5 Å². The molecule has 0 aromatic rings. The van der Waals surface area contributed by atoms with Gasteiger partial charge in [0.05, 0.1) is 6.10 Å². The Bertz CT molecular complexity index is 406. The fourth-order valence-corrected chi connectivity index (χ4v) is 5.53.